The summed E-state index contributed by atoms with van der Waals surface area (Å²) in [4.78, 5) is 17.0. The van der Waals surface area contributed by atoms with E-state index in [0.29, 0.717) is 13.1 Å². The lowest BCUT2D eigenvalue weighted by Crippen LogP contribution is -2.51. The van der Waals surface area contributed by atoms with E-state index in [1.807, 2.05) is 47.4 Å². The number of ether oxygens (including phenoxy) is 1. The molecular weight excluding hydrogens is 397 g/mol. The van der Waals surface area contributed by atoms with E-state index in [1.54, 1.807) is 7.11 Å². The van der Waals surface area contributed by atoms with E-state index in [-0.39, 0.29) is 36.8 Å². The van der Waals surface area contributed by atoms with Crippen molar-refractivity contribution in [2.75, 3.05) is 33.3 Å². The smallest absolute Gasteiger partial charge is 0.244 e. The van der Waals surface area contributed by atoms with Crippen molar-refractivity contribution in [2.45, 2.75) is 19.0 Å². The average Bonchev–Trinajstić information content (AvgIpc) is 2.73. The Kier molecular flexibility index (Phi) is 9.76. The standard InChI is InChI=1S/C21H27N3O2.2ClH/c1-16(18-9-6-10-19(15-18)26-2)23-11-13-24(14-12-23)21(25)20(22)17-7-4-3-5-8-17;;/h3-10,15-16,20H,11-14,22H2,1-2H3;2*1H. The van der Waals surface area contributed by atoms with Gasteiger partial charge in [-0.25, -0.2) is 0 Å². The summed E-state index contributed by atoms with van der Waals surface area (Å²) in [5.41, 5.74) is 8.26. The van der Waals surface area contributed by atoms with Crippen LogP contribution in [0.3, 0.4) is 0 Å². The number of hydrogen-bond acceptors (Lipinski definition) is 4. The van der Waals surface area contributed by atoms with E-state index in [4.69, 9.17) is 10.5 Å². The van der Waals surface area contributed by atoms with Crippen molar-refractivity contribution >= 4 is 30.7 Å². The van der Waals surface area contributed by atoms with E-state index in [9.17, 15) is 4.79 Å². The molecule has 1 fully saturated rings. The van der Waals surface area contributed by atoms with Crippen molar-refractivity contribution < 1.29 is 9.53 Å². The van der Waals surface area contributed by atoms with Gasteiger partial charge in [-0.1, -0.05) is 42.5 Å². The third-order valence-electron chi connectivity index (χ3n) is 5.17. The molecule has 154 valence electrons. The highest BCUT2D eigenvalue weighted by Crippen LogP contribution is 2.25. The molecule has 2 N–H and O–H groups in total. The number of methoxy groups -OCH3 is 1. The van der Waals surface area contributed by atoms with Crippen LogP contribution >= 0.6 is 24.8 Å². The molecule has 0 spiro atoms. The Bertz CT molecular complexity index is 737. The minimum atomic E-state index is -0.585. The molecule has 1 saturated heterocycles. The molecule has 0 aromatic heterocycles. The molecule has 2 aromatic carbocycles. The highest BCUT2D eigenvalue weighted by molar-refractivity contribution is 5.85. The third kappa shape index (κ3) is 5.61. The lowest BCUT2D eigenvalue weighted by atomic mass is 10.0. The van der Waals surface area contributed by atoms with E-state index >= 15 is 0 Å². The zero-order chi connectivity index (χ0) is 18.5. The van der Waals surface area contributed by atoms with Crippen LogP contribution in [0.2, 0.25) is 0 Å². The van der Waals surface area contributed by atoms with Crippen molar-refractivity contribution in [3.05, 3.63) is 65.7 Å². The van der Waals surface area contributed by atoms with Crippen LogP contribution in [0.5, 0.6) is 5.75 Å². The lowest BCUT2D eigenvalue weighted by molar-refractivity contribution is -0.134. The Morgan fingerprint density at radius 3 is 2.18 bits per heavy atom. The summed E-state index contributed by atoms with van der Waals surface area (Å²) < 4.78 is 5.32. The number of amides is 1. The maximum absolute atomic E-state index is 12.7. The van der Waals surface area contributed by atoms with Crippen molar-refractivity contribution in [3.8, 4) is 5.75 Å². The van der Waals surface area contributed by atoms with Gasteiger partial charge in [0.05, 0.1) is 7.11 Å². The van der Waals surface area contributed by atoms with Crippen LogP contribution in [0.15, 0.2) is 54.6 Å². The van der Waals surface area contributed by atoms with Crippen molar-refractivity contribution in [2.24, 2.45) is 5.73 Å². The zero-order valence-corrected chi connectivity index (χ0v) is 17.9. The van der Waals surface area contributed by atoms with Crippen LogP contribution in [-0.2, 0) is 4.79 Å². The van der Waals surface area contributed by atoms with Crippen LogP contribution in [0.4, 0.5) is 0 Å². The van der Waals surface area contributed by atoms with E-state index in [2.05, 4.69) is 24.0 Å². The topological polar surface area (TPSA) is 58.8 Å². The first-order chi connectivity index (χ1) is 12.6. The number of carbonyl (C=O) groups is 1. The summed E-state index contributed by atoms with van der Waals surface area (Å²) in [7, 11) is 1.68. The molecule has 5 nitrogen and oxygen atoms in total. The zero-order valence-electron chi connectivity index (χ0n) is 16.3. The second-order valence-electron chi connectivity index (χ2n) is 6.70. The van der Waals surface area contributed by atoms with Gasteiger partial charge in [-0.15, -0.1) is 24.8 Å². The summed E-state index contributed by atoms with van der Waals surface area (Å²) >= 11 is 0. The molecule has 1 heterocycles. The molecule has 1 aliphatic rings. The molecule has 0 radical (unpaired) electrons. The molecule has 3 rings (SSSR count). The van der Waals surface area contributed by atoms with Crippen LogP contribution < -0.4 is 10.5 Å². The normalized spacial score (nSPS) is 16.3. The minimum Gasteiger partial charge on any atom is -0.497 e. The van der Waals surface area contributed by atoms with Gasteiger partial charge in [0.25, 0.3) is 0 Å². The minimum absolute atomic E-state index is 0. The van der Waals surface area contributed by atoms with Gasteiger partial charge in [0, 0.05) is 32.2 Å². The summed E-state index contributed by atoms with van der Waals surface area (Å²) in [6.07, 6.45) is 0. The number of halogens is 2. The van der Waals surface area contributed by atoms with Gasteiger partial charge < -0.3 is 15.4 Å². The van der Waals surface area contributed by atoms with E-state index in [1.165, 1.54) is 5.56 Å². The maximum Gasteiger partial charge on any atom is 0.244 e. The molecule has 1 aliphatic heterocycles. The number of benzene rings is 2. The number of carbonyl (C=O) groups excluding carboxylic acids is 1. The SMILES string of the molecule is COc1cccc(C(C)N2CCN(C(=O)C(N)c3ccccc3)CC2)c1.Cl.Cl. The monoisotopic (exact) mass is 425 g/mol. The molecule has 0 bridgehead atoms. The van der Waals surface area contributed by atoms with Crippen LogP contribution in [0, 0.1) is 0 Å². The van der Waals surface area contributed by atoms with E-state index < -0.39 is 6.04 Å². The fraction of sp³-hybridized carbons (Fsp3) is 0.381. The second kappa shape index (κ2) is 11.3. The quantitative estimate of drug-likeness (QED) is 0.796. The van der Waals surface area contributed by atoms with Gasteiger partial charge in [0.15, 0.2) is 0 Å². The lowest BCUT2D eigenvalue weighted by Gasteiger charge is -2.39. The van der Waals surface area contributed by atoms with Gasteiger partial charge in [-0.05, 0) is 30.2 Å². The Hall–Kier alpha value is -1.79. The number of rotatable bonds is 5. The molecule has 28 heavy (non-hydrogen) atoms. The Morgan fingerprint density at radius 2 is 1.57 bits per heavy atom. The van der Waals surface area contributed by atoms with Crippen molar-refractivity contribution in [1.82, 2.24) is 9.80 Å². The first-order valence-electron chi connectivity index (χ1n) is 9.07. The van der Waals surface area contributed by atoms with E-state index in [0.717, 1.165) is 24.4 Å². The first-order valence-corrected chi connectivity index (χ1v) is 9.07. The van der Waals surface area contributed by atoms with Gasteiger partial charge in [-0.2, -0.15) is 0 Å². The Morgan fingerprint density at radius 1 is 0.964 bits per heavy atom. The van der Waals surface area contributed by atoms with Crippen LogP contribution in [-0.4, -0.2) is 49.0 Å². The third-order valence-corrected chi connectivity index (χ3v) is 5.17. The molecule has 0 saturated carbocycles. The highest BCUT2D eigenvalue weighted by atomic mass is 35.5. The molecule has 2 aromatic rings. The summed E-state index contributed by atoms with van der Waals surface area (Å²) in [5.74, 6) is 0.877. The first kappa shape index (κ1) is 24.2. The van der Waals surface area contributed by atoms with Crippen LogP contribution in [0.25, 0.3) is 0 Å². The summed E-state index contributed by atoms with van der Waals surface area (Å²) in [6.45, 7) is 5.28. The molecular formula is C21H29Cl2N3O2. The second-order valence-corrected chi connectivity index (χ2v) is 6.70. The maximum atomic E-state index is 12.7. The molecule has 1 amide bonds. The molecule has 2 unspecified atom stereocenters. The van der Waals surface area contributed by atoms with Crippen molar-refractivity contribution in [3.63, 3.8) is 0 Å². The fourth-order valence-corrected chi connectivity index (χ4v) is 3.44. The Balaban J connectivity index is 0.00000196. The summed E-state index contributed by atoms with van der Waals surface area (Å²) in [5, 5.41) is 0. The highest BCUT2D eigenvalue weighted by Gasteiger charge is 2.28. The largest absolute Gasteiger partial charge is 0.497 e. The van der Waals surface area contributed by atoms with Crippen molar-refractivity contribution in [1.29, 1.82) is 0 Å². The number of nitrogens with zero attached hydrogens (tertiary/aromatic N) is 2. The number of hydrogen-bond donors (Lipinski definition) is 1. The predicted octanol–water partition coefficient (Wildman–Crippen LogP) is 3.44. The molecule has 7 heteroatoms. The molecule has 0 aliphatic carbocycles. The predicted molar refractivity (Wildman–Crippen MR) is 117 cm³/mol. The number of piperazine rings is 1. The molecule has 2 atom stereocenters. The number of nitrogens with two attached hydrogens (primary N) is 1. The fourth-order valence-electron chi connectivity index (χ4n) is 3.44. The van der Waals surface area contributed by atoms with Crippen LogP contribution in [0.1, 0.15) is 30.1 Å². The average molecular weight is 426 g/mol. The van der Waals surface area contributed by atoms with Gasteiger partial charge >= 0.3 is 0 Å². The van der Waals surface area contributed by atoms with Gasteiger partial charge in [-0.3, -0.25) is 9.69 Å². The van der Waals surface area contributed by atoms with Gasteiger partial charge in [0.2, 0.25) is 5.91 Å². The Labute approximate surface area is 179 Å². The van der Waals surface area contributed by atoms with Gasteiger partial charge in [0.1, 0.15) is 11.8 Å². The summed E-state index contributed by atoms with van der Waals surface area (Å²) in [6, 6.07) is 17.4.